The molecule has 138 valence electrons. The van der Waals surface area contributed by atoms with Gasteiger partial charge >= 0.3 is 0 Å². The molecule has 0 spiro atoms. The van der Waals surface area contributed by atoms with Crippen LogP contribution in [-0.2, 0) is 11.2 Å². The molecule has 26 heavy (non-hydrogen) atoms. The first-order valence-corrected chi connectivity index (χ1v) is 9.56. The summed E-state index contributed by atoms with van der Waals surface area (Å²) in [4.78, 5) is 17.2. The van der Waals surface area contributed by atoms with Gasteiger partial charge in [0.2, 0.25) is 5.91 Å². The molecule has 1 heterocycles. The molecule has 3 rings (SSSR count). The maximum Gasteiger partial charge on any atom is 0.228 e. The maximum absolute atomic E-state index is 12.4. The Morgan fingerprint density at radius 1 is 1.12 bits per heavy atom. The first kappa shape index (κ1) is 18.7. The Morgan fingerprint density at radius 2 is 1.85 bits per heavy atom. The van der Waals surface area contributed by atoms with Gasteiger partial charge in [-0.2, -0.15) is 0 Å². The van der Waals surface area contributed by atoms with E-state index in [1.807, 2.05) is 37.3 Å². The third kappa shape index (κ3) is 4.57. The summed E-state index contributed by atoms with van der Waals surface area (Å²) in [6.45, 7) is 9.66. The number of aryl methyl sites for hydroxylation is 1. The number of nitrogens with zero attached hydrogens (tertiary/aromatic N) is 2. The summed E-state index contributed by atoms with van der Waals surface area (Å²) in [5.41, 5.74) is 4.00. The van der Waals surface area contributed by atoms with Crippen molar-refractivity contribution >= 4 is 28.9 Å². The zero-order valence-electron chi connectivity index (χ0n) is 15.5. The van der Waals surface area contributed by atoms with Gasteiger partial charge in [0.25, 0.3) is 0 Å². The molecule has 4 nitrogen and oxygen atoms in total. The zero-order valence-corrected chi connectivity index (χ0v) is 16.2. The van der Waals surface area contributed by atoms with E-state index in [1.54, 1.807) is 0 Å². The summed E-state index contributed by atoms with van der Waals surface area (Å²) < 4.78 is 0. The lowest BCUT2D eigenvalue weighted by Crippen LogP contribution is -2.46. The van der Waals surface area contributed by atoms with Crippen LogP contribution < -0.4 is 10.2 Å². The van der Waals surface area contributed by atoms with E-state index >= 15 is 0 Å². The Hall–Kier alpha value is -2.04. The van der Waals surface area contributed by atoms with Crippen LogP contribution in [0.1, 0.15) is 18.1 Å². The summed E-state index contributed by atoms with van der Waals surface area (Å²) in [7, 11) is 0. The number of nitrogens with one attached hydrogen (secondary N) is 1. The van der Waals surface area contributed by atoms with Crippen LogP contribution in [0, 0.1) is 6.92 Å². The number of carbonyl (C=O) groups excluding carboxylic acids is 1. The van der Waals surface area contributed by atoms with Crippen LogP contribution in [0.25, 0.3) is 0 Å². The predicted molar refractivity (Wildman–Crippen MR) is 109 cm³/mol. The van der Waals surface area contributed by atoms with Crippen molar-refractivity contribution in [2.24, 2.45) is 0 Å². The van der Waals surface area contributed by atoms with Gasteiger partial charge < -0.3 is 15.1 Å². The average molecular weight is 372 g/mol. The quantitative estimate of drug-likeness (QED) is 0.863. The van der Waals surface area contributed by atoms with Crippen molar-refractivity contribution in [1.82, 2.24) is 4.90 Å². The molecular weight excluding hydrogens is 346 g/mol. The van der Waals surface area contributed by atoms with Crippen LogP contribution in [-0.4, -0.2) is 43.5 Å². The van der Waals surface area contributed by atoms with Crippen LogP contribution in [0.4, 0.5) is 11.4 Å². The van der Waals surface area contributed by atoms with E-state index in [0.29, 0.717) is 5.02 Å². The van der Waals surface area contributed by atoms with Gasteiger partial charge in [-0.25, -0.2) is 0 Å². The topological polar surface area (TPSA) is 35.6 Å². The van der Waals surface area contributed by atoms with Crippen LogP contribution in [0.15, 0.2) is 42.5 Å². The summed E-state index contributed by atoms with van der Waals surface area (Å²) >= 11 is 6.14. The van der Waals surface area contributed by atoms with Crippen molar-refractivity contribution in [2.75, 3.05) is 42.9 Å². The van der Waals surface area contributed by atoms with E-state index in [2.05, 4.69) is 34.2 Å². The number of piperazine rings is 1. The molecule has 1 amide bonds. The monoisotopic (exact) mass is 371 g/mol. The van der Waals surface area contributed by atoms with Crippen molar-refractivity contribution in [2.45, 2.75) is 20.3 Å². The summed E-state index contributed by atoms with van der Waals surface area (Å²) in [6, 6.07) is 13.7. The standard InChI is InChI=1S/C21H26ClN3O/c1-3-24-10-12-25(13-11-24)18-8-9-20(16(2)14-18)23-21(26)15-17-6-4-5-7-19(17)22/h4-9,14H,3,10-13,15H2,1-2H3,(H,23,26). The van der Waals surface area contributed by atoms with Gasteiger partial charge in [-0.05, 0) is 48.9 Å². The van der Waals surface area contributed by atoms with E-state index in [0.717, 1.165) is 49.5 Å². The largest absolute Gasteiger partial charge is 0.369 e. The second-order valence-corrected chi connectivity index (χ2v) is 7.14. The molecule has 5 heteroatoms. The maximum atomic E-state index is 12.4. The smallest absolute Gasteiger partial charge is 0.228 e. The molecule has 0 unspecified atom stereocenters. The van der Waals surface area contributed by atoms with Gasteiger partial charge in [0.1, 0.15) is 0 Å². The Bertz CT molecular complexity index is 770. The van der Waals surface area contributed by atoms with E-state index in [4.69, 9.17) is 11.6 Å². The second kappa shape index (κ2) is 8.56. The van der Waals surface area contributed by atoms with Crippen molar-refractivity contribution < 1.29 is 4.79 Å². The van der Waals surface area contributed by atoms with E-state index in [1.165, 1.54) is 5.69 Å². The molecule has 0 saturated carbocycles. The fraction of sp³-hybridized carbons (Fsp3) is 0.381. The van der Waals surface area contributed by atoms with Crippen LogP contribution >= 0.6 is 11.6 Å². The highest BCUT2D eigenvalue weighted by atomic mass is 35.5. The third-order valence-corrected chi connectivity index (χ3v) is 5.35. The number of carbonyl (C=O) groups is 1. The average Bonchev–Trinajstić information content (AvgIpc) is 2.65. The number of anilines is 2. The van der Waals surface area contributed by atoms with Gasteiger partial charge in [-0.3, -0.25) is 4.79 Å². The number of benzene rings is 2. The Labute approximate surface area is 160 Å². The van der Waals surface area contributed by atoms with Crippen molar-refractivity contribution in [3.8, 4) is 0 Å². The minimum atomic E-state index is -0.0505. The minimum absolute atomic E-state index is 0.0505. The molecule has 1 aliphatic heterocycles. The van der Waals surface area contributed by atoms with Crippen LogP contribution in [0.2, 0.25) is 5.02 Å². The van der Waals surface area contributed by atoms with E-state index < -0.39 is 0 Å². The summed E-state index contributed by atoms with van der Waals surface area (Å²) in [5, 5.41) is 3.63. The highest BCUT2D eigenvalue weighted by molar-refractivity contribution is 6.31. The van der Waals surface area contributed by atoms with Crippen LogP contribution in [0.3, 0.4) is 0 Å². The van der Waals surface area contributed by atoms with Gasteiger partial charge in [-0.1, -0.05) is 36.7 Å². The highest BCUT2D eigenvalue weighted by Gasteiger charge is 2.16. The van der Waals surface area contributed by atoms with Gasteiger partial charge in [0.05, 0.1) is 6.42 Å². The molecule has 2 aromatic rings. The number of halogens is 1. The lowest BCUT2D eigenvalue weighted by atomic mass is 10.1. The van der Waals surface area contributed by atoms with E-state index in [-0.39, 0.29) is 12.3 Å². The molecule has 1 fully saturated rings. The number of hydrogen-bond acceptors (Lipinski definition) is 3. The zero-order chi connectivity index (χ0) is 18.5. The van der Waals surface area contributed by atoms with Gasteiger partial charge in [-0.15, -0.1) is 0 Å². The second-order valence-electron chi connectivity index (χ2n) is 6.74. The summed E-state index contributed by atoms with van der Waals surface area (Å²) in [6.07, 6.45) is 0.278. The van der Waals surface area contributed by atoms with E-state index in [9.17, 15) is 4.79 Å². The molecule has 1 N–H and O–H groups in total. The van der Waals surface area contributed by atoms with Gasteiger partial charge in [0, 0.05) is 42.6 Å². The fourth-order valence-electron chi connectivity index (χ4n) is 3.32. The van der Waals surface area contributed by atoms with Crippen LogP contribution in [0.5, 0.6) is 0 Å². The lowest BCUT2D eigenvalue weighted by molar-refractivity contribution is -0.115. The van der Waals surface area contributed by atoms with Crippen molar-refractivity contribution in [3.63, 3.8) is 0 Å². The Morgan fingerprint density at radius 3 is 2.50 bits per heavy atom. The van der Waals surface area contributed by atoms with Gasteiger partial charge in [0.15, 0.2) is 0 Å². The predicted octanol–water partition coefficient (Wildman–Crippen LogP) is 3.97. The number of amides is 1. The number of likely N-dealkylation sites (N-methyl/N-ethyl adjacent to an activating group) is 1. The molecule has 1 aliphatic rings. The molecular formula is C21H26ClN3O. The molecule has 0 aliphatic carbocycles. The Kier molecular flexibility index (Phi) is 6.17. The first-order chi connectivity index (χ1) is 12.6. The number of rotatable bonds is 5. The fourth-order valence-corrected chi connectivity index (χ4v) is 3.52. The first-order valence-electron chi connectivity index (χ1n) is 9.18. The third-order valence-electron chi connectivity index (χ3n) is 4.98. The molecule has 0 radical (unpaired) electrons. The lowest BCUT2D eigenvalue weighted by Gasteiger charge is -2.35. The summed E-state index contributed by atoms with van der Waals surface area (Å²) in [5.74, 6) is -0.0505. The van der Waals surface area contributed by atoms with Crippen molar-refractivity contribution in [1.29, 1.82) is 0 Å². The molecule has 0 atom stereocenters. The molecule has 2 aromatic carbocycles. The SMILES string of the molecule is CCN1CCN(c2ccc(NC(=O)Cc3ccccc3Cl)c(C)c2)CC1. The normalized spacial score (nSPS) is 15.1. The molecule has 0 bridgehead atoms. The minimum Gasteiger partial charge on any atom is -0.369 e. The van der Waals surface area contributed by atoms with Crippen molar-refractivity contribution in [3.05, 3.63) is 58.6 Å². The highest BCUT2D eigenvalue weighted by Crippen LogP contribution is 2.24. The molecule has 1 saturated heterocycles. The number of hydrogen-bond donors (Lipinski definition) is 1. The Balaban J connectivity index is 1.63. The molecule has 0 aromatic heterocycles.